The number of anilines is 1. The summed E-state index contributed by atoms with van der Waals surface area (Å²) >= 11 is 7.66. The predicted molar refractivity (Wildman–Crippen MR) is 92.3 cm³/mol. The van der Waals surface area contributed by atoms with E-state index in [1.54, 1.807) is 29.5 Å². The van der Waals surface area contributed by atoms with E-state index >= 15 is 0 Å². The molecule has 0 radical (unpaired) electrons. The van der Waals surface area contributed by atoms with E-state index in [0.717, 1.165) is 12.8 Å². The van der Waals surface area contributed by atoms with Gasteiger partial charge in [-0.05, 0) is 42.5 Å². The number of hydrogen-bond acceptors (Lipinski definition) is 3. The first-order valence-electron chi connectivity index (χ1n) is 7.18. The van der Waals surface area contributed by atoms with Gasteiger partial charge in [0.1, 0.15) is 5.75 Å². The van der Waals surface area contributed by atoms with Crippen molar-refractivity contribution < 1.29 is 9.53 Å². The van der Waals surface area contributed by atoms with Crippen LogP contribution in [0.15, 0.2) is 35.7 Å². The Morgan fingerprint density at radius 2 is 2.23 bits per heavy atom. The van der Waals surface area contributed by atoms with Crippen LogP contribution in [0.25, 0.3) is 0 Å². The lowest BCUT2D eigenvalue weighted by Crippen LogP contribution is -2.30. The maximum atomic E-state index is 12.0. The van der Waals surface area contributed by atoms with Gasteiger partial charge in [-0.1, -0.05) is 24.6 Å². The van der Waals surface area contributed by atoms with Crippen molar-refractivity contribution in [2.45, 2.75) is 19.8 Å². The smallest absolute Gasteiger partial charge is 0.319 e. The minimum absolute atomic E-state index is 0.264. The fourth-order valence-corrected chi connectivity index (χ4v) is 2.74. The molecule has 22 heavy (non-hydrogen) atoms. The predicted octanol–water partition coefficient (Wildman–Crippen LogP) is 4.55. The lowest BCUT2D eigenvalue weighted by Gasteiger charge is -2.13. The number of urea groups is 1. The third-order valence-corrected chi connectivity index (χ3v) is 4.06. The Labute approximate surface area is 139 Å². The second kappa shape index (κ2) is 8.66. The van der Waals surface area contributed by atoms with E-state index in [9.17, 15) is 4.79 Å². The Morgan fingerprint density at radius 3 is 2.95 bits per heavy atom. The maximum Gasteiger partial charge on any atom is 0.319 e. The third-order valence-electron chi connectivity index (χ3n) is 2.89. The van der Waals surface area contributed by atoms with E-state index in [4.69, 9.17) is 16.3 Å². The van der Waals surface area contributed by atoms with E-state index in [2.05, 4.69) is 16.7 Å². The van der Waals surface area contributed by atoms with Gasteiger partial charge >= 0.3 is 6.03 Å². The van der Waals surface area contributed by atoms with Crippen LogP contribution in [0.3, 0.4) is 0 Å². The monoisotopic (exact) mass is 338 g/mol. The van der Waals surface area contributed by atoms with Crippen LogP contribution in [0.5, 0.6) is 5.75 Å². The first-order valence-corrected chi connectivity index (χ1v) is 8.44. The van der Waals surface area contributed by atoms with Gasteiger partial charge in [0.05, 0.1) is 12.3 Å². The Balaban J connectivity index is 1.88. The summed E-state index contributed by atoms with van der Waals surface area (Å²) in [5.74, 6) is 0.625. The number of thiophene rings is 1. The number of ether oxygens (including phenoxy) is 1. The van der Waals surface area contributed by atoms with Gasteiger partial charge in [-0.25, -0.2) is 4.79 Å². The molecule has 0 bridgehead atoms. The van der Waals surface area contributed by atoms with Crippen molar-refractivity contribution in [2.75, 3.05) is 18.5 Å². The largest absolute Gasteiger partial charge is 0.491 e. The Bertz CT molecular complexity index is 602. The van der Waals surface area contributed by atoms with Gasteiger partial charge in [0.15, 0.2) is 0 Å². The number of benzene rings is 1. The minimum atomic E-state index is -0.264. The van der Waals surface area contributed by atoms with Gasteiger partial charge in [-0.2, -0.15) is 0 Å². The van der Waals surface area contributed by atoms with Gasteiger partial charge in [-0.15, -0.1) is 11.3 Å². The van der Waals surface area contributed by atoms with Crippen LogP contribution in [0.2, 0.25) is 5.02 Å². The molecule has 2 aromatic rings. The fourth-order valence-electron chi connectivity index (χ4n) is 1.86. The Kier molecular flexibility index (Phi) is 6.55. The third kappa shape index (κ3) is 5.24. The van der Waals surface area contributed by atoms with Crippen molar-refractivity contribution in [1.82, 2.24) is 5.32 Å². The number of amides is 2. The zero-order chi connectivity index (χ0) is 15.8. The highest BCUT2D eigenvalue weighted by Crippen LogP contribution is 2.28. The van der Waals surface area contributed by atoms with Crippen LogP contribution < -0.4 is 15.4 Å². The first-order chi connectivity index (χ1) is 10.7. The highest BCUT2D eigenvalue weighted by molar-refractivity contribution is 7.09. The minimum Gasteiger partial charge on any atom is -0.491 e. The van der Waals surface area contributed by atoms with Crippen molar-refractivity contribution in [3.8, 4) is 5.75 Å². The standard InChI is InChI=1S/C16H19ClN2O2S/c1-2-9-21-15-6-5-12(17)11-14(15)19-16(20)18-8-7-13-4-3-10-22-13/h3-6,10-11H,2,7-9H2,1H3,(H2,18,19,20). The molecule has 2 amide bonds. The molecule has 0 saturated heterocycles. The molecule has 0 aliphatic carbocycles. The molecule has 0 fully saturated rings. The maximum absolute atomic E-state index is 12.0. The van der Waals surface area contributed by atoms with Gasteiger partial charge < -0.3 is 15.4 Å². The quantitative estimate of drug-likeness (QED) is 0.777. The summed E-state index contributed by atoms with van der Waals surface area (Å²) in [5.41, 5.74) is 0.578. The molecule has 6 heteroatoms. The number of halogens is 1. The van der Waals surface area contributed by atoms with Crippen molar-refractivity contribution in [3.63, 3.8) is 0 Å². The summed E-state index contributed by atoms with van der Waals surface area (Å²) < 4.78 is 5.61. The van der Waals surface area contributed by atoms with Crippen molar-refractivity contribution in [3.05, 3.63) is 45.6 Å². The molecule has 0 aliphatic rings. The molecule has 0 unspecified atom stereocenters. The molecule has 118 valence electrons. The van der Waals surface area contributed by atoms with E-state index in [-0.39, 0.29) is 6.03 Å². The molecule has 0 saturated carbocycles. The van der Waals surface area contributed by atoms with Crippen LogP contribution in [-0.4, -0.2) is 19.2 Å². The van der Waals surface area contributed by atoms with Gasteiger partial charge in [0.25, 0.3) is 0 Å². The van der Waals surface area contributed by atoms with E-state index in [1.807, 2.05) is 18.4 Å². The molecule has 0 spiro atoms. The molecular formula is C16H19ClN2O2S. The van der Waals surface area contributed by atoms with Crippen LogP contribution >= 0.6 is 22.9 Å². The molecule has 2 rings (SSSR count). The van der Waals surface area contributed by atoms with Crippen molar-refractivity contribution >= 4 is 34.7 Å². The van der Waals surface area contributed by atoms with Crippen molar-refractivity contribution in [1.29, 1.82) is 0 Å². The van der Waals surface area contributed by atoms with Crippen LogP contribution in [0.4, 0.5) is 10.5 Å². The van der Waals surface area contributed by atoms with Crippen LogP contribution in [0, 0.1) is 0 Å². The highest BCUT2D eigenvalue weighted by Gasteiger charge is 2.08. The van der Waals surface area contributed by atoms with E-state index < -0.39 is 0 Å². The first kappa shape index (κ1) is 16.6. The van der Waals surface area contributed by atoms with E-state index in [1.165, 1.54) is 4.88 Å². The zero-order valence-corrected chi connectivity index (χ0v) is 14.0. The Morgan fingerprint density at radius 1 is 1.36 bits per heavy atom. The topological polar surface area (TPSA) is 50.4 Å². The summed E-state index contributed by atoms with van der Waals surface area (Å²) in [6, 6.07) is 8.98. The van der Waals surface area contributed by atoms with Crippen molar-refractivity contribution in [2.24, 2.45) is 0 Å². The number of carbonyl (C=O) groups is 1. The summed E-state index contributed by atoms with van der Waals surface area (Å²) in [4.78, 5) is 13.2. The zero-order valence-electron chi connectivity index (χ0n) is 12.4. The summed E-state index contributed by atoms with van der Waals surface area (Å²) in [6.45, 7) is 3.20. The lowest BCUT2D eigenvalue weighted by molar-refractivity contribution is 0.252. The second-order valence-electron chi connectivity index (χ2n) is 4.70. The number of hydrogen-bond donors (Lipinski definition) is 2. The molecule has 1 heterocycles. The number of rotatable bonds is 7. The lowest BCUT2D eigenvalue weighted by atomic mass is 10.3. The van der Waals surface area contributed by atoms with Gasteiger partial charge in [0.2, 0.25) is 0 Å². The molecule has 0 aliphatic heterocycles. The number of nitrogens with one attached hydrogen (secondary N) is 2. The molecule has 4 nitrogen and oxygen atoms in total. The average Bonchev–Trinajstić information content (AvgIpc) is 3.00. The molecule has 1 aromatic heterocycles. The summed E-state index contributed by atoms with van der Waals surface area (Å²) in [7, 11) is 0. The van der Waals surface area contributed by atoms with Crippen LogP contribution in [-0.2, 0) is 6.42 Å². The SMILES string of the molecule is CCCOc1ccc(Cl)cc1NC(=O)NCCc1cccs1. The molecule has 1 aromatic carbocycles. The highest BCUT2D eigenvalue weighted by atomic mass is 35.5. The summed E-state index contributed by atoms with van der Waals surface area (Å²) in [6.07, 6.45) is 1.72. The van der Waals surface area contributed by atoms with E-state index in [0.29, 0.717) is 29.6 Å². The second-order valence-corrected chi connectivity index (χ2v) is 6.17. The molecule has 2 N–H and O–H groups in total. The fraction of sp³-hybridized carbons (Fsp3) is 0.312. The van der Waals surface area contributed by atoms with Crippen LogP contribution in [0.1, 0.15) is 18.2 Å². The normalized spacial score (nSPS) is 10.3. The molecule has 0 atom stereocenters. The average molecular weight is 339 g/mol. The summed E-state index contributed by atoms with van der Waals surface area (Å²) in [5, 5.41) is 8.19. The molecular weight excluding hydrogens is 320 g/mol. The Hall–Kier alpha value is -1.72. The number of carbonyl (C=O) groups excluding carboxylic acids is 1. The van der Waals surface area contributed by atoms with Gasteiger partial charge in [-0.3, -0.25) is 0 Å². The van der Waals surface area contributed by atoms with Gasteiger partial charge in [0, 0.05) is 16.4 Å².